The van der Waals surface area contributed by atoms with E-state index in [1.54, 1.807) is 13.0 Å². The predicted molar refractivity (Wildman–Crippen MR) is 81.3 cm³/mol. The number of hydrogen-bond acceptors (Lipinski definition) is 6. The zero-order chi connectivity index (χ0) is 15.1. The molecule has 0 saturated carbocycles. The molecule has 0 aliphatic carbocycles. The van der Waals surface area contributed by atoms with Crippen LogP contribution in [0.25, 0.3) is 0 Å². The second-order valence-corrected chi connectivity index (χ2v) is 5.09. The highest BCUT2D eigenvalue weighted by Gasteiger charge is 2.16. The Labute approximate surface area is 125 Å². The van der Waals surface area contributed by atoms with Crippen LogP contribution < -0.4 is 11.1 Å². The van der Waals surface area contributed by atoms with Gasteiger partial charge in [-0.25, -0.2) is 9.78 Å². The number of pyridine rings is 1. The zero-order valence-corrected chi connectivity index (χ0v) is 12.4. The lowest BCUT2D eigenvalue weighted by Gasteiger charge is -2.22. The zero-order valence-electron chi connectivity index (χ0n) is 12.4. The number of nitrogens with zero attached hydrogens (tertiary/aromatic N) is 1. The summed E-state index contributed by atoms with van der Waals surface area (Å²) in [5.74, 6) is 0.104. The Balaban J connectivity index is 1.93. The number of anilines is 2. The number of ether oxygens (including phenoxy) is 2. The molecule has 1 aliphatic heterocycles. The number of hydrogen-bond donors (Lipinski definition) is 2. The van der Waals surface area contributed by atoms with Crippen molar-refractivity contribution in [3.63, 3.8) is 0 Å². The molecule has 1 atom stereocenters. The van der Waals surface area contributed by atoms with E-state index in [-0.39, 0.29) is 0 Å². The van der Waals surface area contributed by atoms with Crippen LogP contribution in [0.15, 0.2) is 12.3 Å². The van der Waals surface area contributed by atoms with Gasteiger partial charge in [-0.1, -0.05) is 0 Å². The third-order valence-electron chi connectivity index (χ3n) is 3.44. The lowest BCUT2D eigenvalue weighted by molar-refractivity contribution is 0.0134. The van der Waals surface area contributed by atoms with Gasteiger partial charge in [0.05, 0.1) is 24.6 Å². The summed E-state index contributed by atoms with van der Waals surface area (Å²) in [4.78, 5) is 16.1. The molecule has 116 valence electrons. The largest absolute Gasteiger partial charge is 0.462 e. The van der Waals surface area contributed by atoms with Crippen LogP contribution in [0.1, 0.15) is 43.0 Å². The van der Waals surface area contributed by atoms with Gasteiger partial charge in [-0.05, 0) is 38.7 Å². The smallest absolute Gasteiger partial charge is 0.341 e. The van der Waals surface area contributed by atoms with Gasteiger partial charge in [-0.15, -0.1) is 0 Å². The van der Waals surface area contributed by atoms with E-state index in [4.69, 9.17) is 15.2 Å². The first-order chi connectivity index (χ1) is 10.2. The van der Waals surface area contributed by atoms with Crippen molar-refractivity contribution in [3.05, 3.63) is 17.8 Å². The van der Waals surface area contributed by atoms with Gasteiger partial charge < -0.3 is 20.5 Å². The Morgan fingerprint density at radius 2 is 2.43 bits per heavy atom. The Kier molecular flexibility index (Phi) is 5.80. The molecule has 1 unspecified atom stereocenters. The highest BCUT2D eigenvalue weighted by Crippen LogP contribution is 2.19. The fraction of sp³-hybridized carbons (Fsp3) is 0.600. The number of esters is 1. The molecule has 0 radical (unpaired) electrons. The number of carbonyl (C=O) groups is 1. The lowest BCUT2D eigenvalue weighted by Crippen LogP contribution is -2.22. The monoisotopic (exact) mass is 293 g/mol. The van der Waals surface area contributed by atoms with Crippen LogP contribution in [0.4, 0.5) is 11.5 Å². The van der Waals surface area contributed by atoms with E-state index in [1.165, 1.54) is 12.6 Å². The Bertz CT molecular complexity index is 473. The molecular formula is C15H23N3O3. The summed E-state index contributed by atoms with van der Waals surface area (Å²) < 4.78 is 10.7. The maximum Gasteiger partial charge on any atom is 0.341 e. The van der Waals surface area contributed by atoms with Crippen LogP contribution in [0.5, 0.6) is 0 Å². The summed E-state index contributed by atoms with van der Waals surface area (Å²) in [6.07, 6.45) is 6.19. The summed E-state index contributed by atoms with van der Waals surface area (Å²) >= 11 is 0. The first-order valence-electron chi connectivity index (χ1n) is 7.48. The standard InChI is InChI=1S/C15H23N3O3/c1-2-20-15(19)13-9-11(16)10-18-14(13)17-7-6-12-5-3-4-8-21-12/h9-10,12H,2-8,16H2,1H3,(H,17,18). The predicted octanol–water partition coefficient (Wildman–Crippen LogP) is 2.21. The summed E-state index contributed by atoms with van der Waals surface area (Å²) in [6.45, 7) is 3.64. The van der Waals surface area contributed by atoms with Crippen molar-refractivity contribution in [1.29, 1.82) is 0 Å². The molecule has 6 heteroatoms. The Hall–Kier alpha value is -1.82. The van der Waals surface area contributed by atoms with E-state index in [0.717, 1.165) is 25.9 Å². The van der Waals surface area contributed by atoms with E-state index >= 15 is 0 Å². The van der Waals surface area contributed by atoms with E-state index in [9.17, 15) is 4.79 Å². The first kappa shape index (κ1) is 15.6. The van der Waals surface area contributed by atoms with Crippen molar-refractivity contribution in [2.24, 2.45) is 0 Å². The molecule has 1 aliphatic rings. The summed E-state index contributed by atoms with van der Waals surface area (Å²) in [5, 5.41) is 3.18. The fourth-order valence-corrected chi connectivity index (χ4v) is 2.37. The quantitative estimate of drug-likeness (QED) is 0.782. The van der Waals surface area contributed by atoms with Gasteiger partial charge in [-0.2, -0.15) is 0 Å². The first-order valence-corrected chi connectivity index (χ1v) is 7.48. The molecule has 1 aromatic rings. The van der Waals surface area contributed by atoms with Gasteiger partial charge >= 0.3 is 5.97 Å². The van der Waals surface area contributed by atoms with E-state index < -0.39 is 5.97 Å². The van der Waals surface area contributed by atoms with Crippen molar-refractivity contribution < 1.29 is 14.3 Å². The van der Waals surface area contributed by atoms with Crippen molar-refractivity contribution in [2.75, 3.05) is 30.8 Å². The Morgan fingerprint density at radius 3 is 3.14 bits per heavy atom. The summed E-state index contributed by atoms with van der Waals surface area (Å²) in [5.41, 5.74) is 6.51. The third-order valence-corrected chi connectivity index (χ3v) is 3.44. The molecule has 2 heterocycles. The number of nitrogens with one attached hydrogen (secondary N) is 1. The average Bonchev–Trinajstić information content (AvgIpc) is 2.50. The minimum Gasteiger partial charge on any atom is -0.462 e. The Morgan fingerprint density at radius 1 is 1.57 bits per heavy atom. The van der Waals surface area contributed by atoms with Crippen LogP contribution >= 0.6 is 0 Å². The molecular weight excluding hydrogens is 270 g/mol. The number of nitrogens with two attached hydrogens (primary N) is 1. The molecule has 2 rings (SSSR count). The molecule has 0 bridgehead atoms. The highest BCUT2D eigenvalue weighted by atomic mass is 16.5. The topological polar surface area (TPSA) is 86.5 Å². The molecule has 0 aromatic carbocycles. The molecule has 6 nitrogen and oxygen atoms in total. The van der Waals surface area contributed by atoms with Gasteiger partial charge in [0.15, 0.2) is 0 Å². The van der Waals surface area contributed by atoms with E-state index in [2.05, 4.69) is 10.3 Å². The minimum absolute atomic E-state index is 0.297. The van der Waals surface area contributed by atoms with Crippen molar-refractivity contribution in [3.8, 4) is 0 Å². The minimum atomic E-state index is -0.409. The van der Waals surface area contributed by atoms with E-state index in [0.29, 0.717) is 36.3 Å². The van der Waals surface area contributed by atoms with Crippen LogP contribution in [0, 0.1) is 0 Å². The molecule has 0 spiro atoms. The number of rotatable bonds is 6. The molecule has 0 amide bonds. The number of aromatic nitrogens is 1. The van der Waals surface area contributed by atoms with Crippen molar-refractivity contribution in [1.82, 2.24) is 4.98 Å². The average molecular weight is 293 g/mol. The molecule has 1 fully saturated rings. The maximum absolute atomic E-state index is 11.9. The summed E-state index contributed by atoms with van der Waals surface area (Å²) in [6, 6.07) is 1.59. The van der Waals surface area contributed by atoms with Gasteiger partial charge in [-0.3, -0.25) is 0 Å². The second-order valence-electron chi connectivity index (χ2n) is 5.09. The summed E-state index contributed by atoms with van der Waals surface area (Å²) in [7, 11) is 0. The van der Waals surface area contributed by atoms with Gasteiger partial charge in [0.1, 0.15) is 11.4 Å². The van der Waals surface area contributed by atoms with Gasteiger partial charge in [0.2, 0.25) is 0 Å². The number of carbonyl (C=O) groups excluding carboxylic acids is 1. The van der Waals surface area contributed by atoms with Crippen molar-refractivity contribution >= 4 is 17.5 Å². The molecule has 1 saturated heterocycles. The normalized spacial score (nSPS) is 18.2. The highest BCUT2D eigenvalue weighted by molar-refractivity contribution is 5.95. The van der Waals surface area contributed by atoms with Crippen LogP contribution in [0.2, 0.25) is 0 Å². The lowest BCUT2D eigenvalue weighted by atomic mass is 10.1. The molecule has 21 heavy (non-hydrogen) atoms. The van der Waals surface area contributed by atoms with Gasteiger partial charge in [0.25, 0.3) is 0 Å². The van der Waals surface area contributed by atoms with E-state index in [1.807, 2.05) is 0 Å². The van der Waals surface area contributed by atoms with Crippen LogP contribution in [-0.2, 0) is 9.47 Å². The van der Waals surface area contributed by atoms with Crippen molar-refractivity contribution in [2.45, 2.75) is 38.7 Å². The third kappa shape index (κ3) is 4.60. The fourth-order valence-electron chi connectivity index (χ4n) is 2.37. The molecule has 3 N–H and O–H groups in total. The van der Waals surface area contributed by atoms with Gasteiger partial charge in [0, 0.05) is 13.2 Å². The second kappa shape index (κ2) is 7.83. The van der Waals surface area contributed by atoms with Crippen LogP contribution in [0.3, 0.4) is 0 Å². The maximum atomic E-state index is 11.9. The number of nitrogen functional groups attached to an aromatic ring is 1. The van der Waals surface area contributed by atoms with Crippen LogP contribution in [-0.4, -0.2) is 36.8 Å². The SMILES string of the molecule is CCOC(=O)c1cc(N)cnc1NCCC1CCCCO1. The molecule has 1 aromatic heterocycles.